The molecule has 0 radical (unpaired) electrons. The summed E-state index contributed by atoms with van der Waals surface area (Å²) in [6.45, 7) is 0. The lowest BCUT2D eigenvalue weighted by Crippen LogP contribution is -2.23. The first-order valence-corrected chi connectivity index (χ1v) is 6.07. The third-order valence-corrected chi connectivity index (χ3v) is 3.47. The van der Waals surface area contributed by atoms with E-state index in [1.54, 1.807) is 18.2 Å². The molecule has 0 aliphatic carbocycles. The highest BCUT2D eigenvalue weighted by Crippen LogP contribution is 2.25. The van der Waals surface area contributed by atoms with Crippen molar-refractivity contribution in [3.8, 4) is 0 Å². The molecular formula is C11H8ClNO3S. The van der Waals surface area contributed by atoms with Gasteiger partial charge in [-0.15, -0.1) is 0 Å². The normalized spacial score (nSPS) is 15.5. The first-order chi connectivity index (χ1) is 8.08. The van der Waals surface area contributed by atoms with E-state index in [9.17, 15) is 14.4 Å². The molecule has 6 heteroatoms. The fourth-order valence-corrected chi connectivity index (χ4v) is 2.38. The summed E-state index contributed by atoms with van der Waals surface area (Å²) in [6.07, 6.45) is 0.351. The molecule has 2 amide bonds. The zero-order chi connectivity index (χ0) is 12.4. The van der Waals surface area contributed by atoms with Gasteiger partial charge >= 0.3 is 0 Å². The van der Waals surface area contributed by atoms with E-state index >= 15 is 0 Å². The quantitative estimate of drug-likeness (QED) is 0.610. The van der Waals surface area contributed by atoms with Crippen molar-refractivity contribution in [1.29, 1.82) is 0 Å². The molecular weight excluding hydrogens is 262 g/mol. The van der Waals surface area contributed by atoms with E-state index in [1.165, 1.54) is 6.07 Å². The van der Waals surface area contributed by atoms with Crippen LogP contribution in [0.4, 0.5) is 0 Å². The van der Waals surface area contributed by atoms with Gasteiger partial charge in [0.05, 0.1) is 0 Å². The van der Waals surface area contributed by atoms with Gasteiger partial charge in [0.1, 0.15) is 0 Å². The Morgan fingerprint density at radius 2 is 1.88 bits per heavy atom. The van der Waals surface area contributed by atoms with Gasteiger partial charge in [0.15, 0.2) is 0 Å². The highest BCUT2D eigenvalue weighted by molar-refractivity contribution is 8.13. The molecule has 0 atom stereocenters. The van der Waals surface area contributed by atoms with Gasteiger partial charge in [0.25, 0.3) is 0 Å². The van der Waals surface area contributed by atoms with E-state index in [-0.39, 0.29) is 29.8 Å². The number of hydrogen-bond acceptors (Lipinski definition) is 4. The van der Waals surface area contributed by atoms with E-state index in [4.69, 9.17) is 11.6 Å². The minimum Gasteiger partial charge on any atom is -0.280 e. The summed E-state index contributed by atoms with van der Waals surface area (Å²) in [6, 6.07) is 6.38. The Morgan fingerprint density at radius 1 is 1.24 bits per heavy atom. The van der Waals surface area contributed by atoms with E-state index in [1.807, 2.05) is 0 Å². The molecule has 0 bridgehead atoms. The summed E-state index contributed by atoms with van der Waals surface area (Å²) >= 11 is 6.38. The van der Waals surface area contributed by atoms with E-state index in [2.05, 4.69) is 0 Å². The molecule has 1 aromatic carbocycles. The fourth-order valence-electron chi connectivity index (χ4n) is 1.41. The molecule has 0 N–H and O–H groups in total. The summed E-state index contributed by atoms with van der Waals surface area (Å²) in [5.41, 5.74) is 0.370. The summed E-state index contributed by atoms with van der Waals surface area (Å²) < 4.78 is 0.920. The van der Waals surface area contributed by atoms with Crippen LogP contribution in [0.15, 0.2) is 24.3 Å². The lowest BCUT2D eigenvalue weighted by atomic mass is 10.2. The van der Waals surface area contributed by atoms with Crippen molar-refractivity contribution < 1.29 is 14.4 Å². The number of carbonyl (C=O) groups is 3. The van der Waals surface area contributed by atoms with Crippen LogP contribution in [0.5, 0.6) is 0 Å². The topological polar surface area (TPSA) is 54.5 Å². The fraction of sp³-hybridized carbons (Fsp3) is 0.182. The van der Waals surface area contributed by atoms with E-state index < -0.39 is 0 Å². The third kappa shape index (κ3) is 2.68. The average molecular weight is 270 g/mol. The SMILES string of the molecule is O=C(SN1C(=O)CCC1=O)c1cccc(Cl)c1. The van der Waals surface area contributed by atoms with Crippen LogP contribution in [0.2, 0.25) is 5.02 Å². The molecule has 1 saturated heterocycles. The van der Waals surface area contributed by atoms with E-state index in [0.717, 1.165) is 4.31 Å². The molecule has 0 aromatic heterocycles. The lowest BCUT2D eigenvalue weighted by molar-refractivity contribution is -0.131. The maximum absolute atomic E-state index is 11.8. The van der Waals surface area contributed by atoms with Gasteiger partial charge in [-0.05, 0) is 12.1 Å². The number of benzene rings is 1. The lowest BCUT2D eigenvalue weighted by Gasteiger charge is -2.10. The van der Waals surface area contributed by atoms with Crippen molar-refractivity contribution in [2.24, 2.45) is 0 Å². The molecule has 0 unspecified atom stereocenters. The molecule has 1 aliphatic heterocycles. The molecule has 1 heterocycles. The van der Waals surface area contributed by atoms with Gasteiger partial charge in [0.2, 0.25) is 16.9 Å². The minimum atomic E-state index is -0.365. The highest BCUT2D eigenvalue weighted by atomic mass is 35.5. The molecule has 4 nitrogen and oxygen atoms in total. The molecule has 0 spiro atoms. The molecule has 88 valence electrons. The third-order valence-electron chi connectivity index (χ3n) is 2.24. The molecule has 2 rings (SSSR count). The van der Waals surface area contributed by atoms with Crippen molar-refractivity contribution in [1.82, 2.24) is 4.31 Å². The number of carbonyl (C=O) groups excluding carboxylic acids is 3. The summed E-state index contributed by atoms with van der Waals surface area (Å²) in [5.74, 6) is -0.647. The van der Waals surface area contributed by atoms with Gasteiger partial charge in [-0.3, -0.25) is 14.4 Å². The van der Waals surface area contributed by atoms with Crippen LogP contribution >= 0.6 is 23.5 Å². The number of rotatable bonds is 2. The maximum atomic E-state index is 11.8. The standard InChI is InChI=1S/C11H8ClNO3S/c12-8-3-1-2-7(6-8)11(16)17-13-9(14)4-5-10(13)15/h1-3,6H,4-5H2. The minimum absolute atomic E-state index is 0.175. The highest BCUT2D eigenvalue weighted by Gasteiger charge is 2.32. The van der Waals surface area contributed by atoms with Gasteiger partial charge in [-0.1, -0.05) is 23.7 Å². The Bertz CT molecular complexity index is 487. The number of imide groups is 1. The number of hydrogen-bond donors (Lipinski definition) is 0. The zero-order valence-electron chi connectivity index (χ0n) is 8.68. The molecule has 0 saturated carbocycles. The first-order valence-electron chi connectivity index (χ1n) is 4.91. The monoisotopic (exact) mass is 269 g/mol. The molecule has 1 aromatic rings. The van der Waals surface area contributed by atoms with Crippen LogP contribution in [0.1, 0.15) is 23.2 Å². The summed E-state index contributed by atoms with van der Waals surface area (Å²) in [7, 11) is 0. The van der Waals surface area contributed by atoms with E-state index in [0.29, 0.717) is 22.5 Å². The first kappa shape index (κ1) is 12.1. The van der Waals surface area contributed by atoms with Gasteiger partial charge in [-0.2, -0.15) is 0 Å². The Kier molecular flexibility index (Phi) is 3.49. The summed E-state index contributed by atoms with van der Waals surface area (Å²) in [5, 5.41) is 0.0756. The van der Waals surface area contributed by atoms with Gasteiger partial charge < -0.3 is 0 Å². The summed E-state index contributed by atoms with van der Waals surface area (Å²) in [4.78, 5) is 34.5. The molecule has 1 fully saturated rings. The van der Waals surface area contributed by atoms with Crippen LogP contribution in [0.3, 0.4) is 0 Å². The maximum Gasteiger partial charge on any atom is 0.240 e. The Morgan fingerprint density at radius 3 is 2.47 bits per heavy atom. The Hall–Kier alpha value is -1.33. The van der Waals surface area contributed by atoms with Crippen molar-refractivity contribution in [2.45, 2.75) is 12.8 Å². The number of nitrogens with zero attached hydrogens (tertiary/aromatic N) is 1. The zero-order valence-corrected chi connectivity index (χ0v) is 10.3. The van der Waals surface area contributed by atoms with Crippen molar-refractivity contribution in [2.75, 3.05) is 0 Å². The number of halogens is 1. The van der Waals surface area contributed by atoms with Crippen LogP contribution in [0.25, 0.3) is 0 Å². The predicted octanol–water partition coefficient (Wildman–Crippen LogP) is 2.28. The molecule has 17 heavy (non-hydrogen) atoms. The average Bonchev–Trinajstić information content (AvgIpc) is 2.61. The van der Waals surface area contributed by atoms with Gasteiger partial charge in [-0.25, -0.2) is 4.31 Å². The van der Waals surface area contributed by atoms with Crippen LogP contribution < -0.4 is 0 Å². The van der Waals surface area contributed by atoms with Crippen LogP contribution in [0, 0.1) is 0 Å². The van der Waals surface area contributed by atoms with Crippen LogP contribution in [-0.4, -0.2) is 21.2 Å². The van der Waals surface area contributed by atoms with Crippen LogP contribution in [-0.2, 0) is 9.59 Å². The molecule has 1 aliphatic rings. The smallest absolute Gasteiger partial charge is 0.240 e. The Balaban J connectivity index is 2.12. The predicted molar refractivity (Wildman–Crippen MR) is 64.5 cm³/mol. The largest absolute Gasteiger partial charge is 0.280 e. The second-order valence-electron chi connectivity index (χ2n) is 3.47. The second kappa shape index (κ2) is 4.89. The Labute approximate surface area is 107 Å². The number of amides is 2. The van der Waals surface area contributed by atoms with Crippen molar-refractivity contribution >= 4 is 40.5 Å². The second-order valence-corrected chi connectivity index (χ2v) is 4.83. The van der Waals surface area contributed by atoms with Crippen molar-refractivity contribution in [3.05, 3.63) is 34.9 Å². The van der Waals surface area contributed by atoms with Crippen molar-refractivity contribution in [3.63, 3.8) is 0 Å². The van der Waals surface area contributed by atoms with Gasteiger partial charge in [0, 0.05) is 35.4 Å².